The van der Waals surface area contributed by atoms with Crippen LogP contribution in [0.2, 0.25) is 0 Å². The normalized spacial score (nSPS) is 12.0. The fourth-order valence-corrected chi connectivity index (χ4v) is 2.39. The maximum Gasteiger partial charge on any atom is 0.416 e. The third kappa shape index (κ3) is 4.03. The molecule has 1 aromatic heterocycles. The number of benzene rings is 1. The third-order valence-corrected chi connectivity index (χ3v) is 3.67. The van der Waals surface area contributed by atoms with Gasteiger partial charge in [0.1, 0.15) is 5.82 Å². The van der Waals surface area contributed by atoms with Gasteiger partial charge in [0, 0.05) is 17.9 Å². The highest BCUT2D eigenvalue weighted by Crippen LogP contribution is 2.33. The Morgan fingerprint density at radius 3 is 1.91 bits per heavy atom. The van der Waals surface area contributed by atoms with Crippen molar-refractivity contribution in [3.05, 3.63) is 53.7 Å². The van der Waals surface area contributed by atoms with Crippen molar-refractivity contribution in [1.29, 1.82) is 0 Å². The molecule has 124 valence electrons. The van der Waals surface area contributed by atoms with Gasteiger partial charge in [-0.05, 0) is 55.7 Å². The van der Waals surface area contributed by atoms with Crippen LogP contribution in [0.5, 0.6) is 0 Å². The van der Waals surface area contributed by atoms with Crippen molar-refractivity contribution >= 4 is 11.5 Å². The third-order valence-electron chi connectivity index (χ3n) is 3.67. The van der Waals surface area contributed by atoms with Gasteiger partial charge in [-0.15, -0.1) is 0 Å². The second-order valence-electron chi connectivity index (χ2n) is 6.11. The summed E-state index contributed by atoms with van der Waals surface area (Å²) in [5, 5.41) is 0. The molecule has 5 heteroatoms. The summed E-state index contributed by atoms with van der Waals surface area (Å²) in [5.41, 5.74) is 1.18. The fourth-order valence-electron chi connectivity index (χ4n) is 2.39. The van der Waals surface area contributed by atoms with Gasteiger partial charge in [-0.25, -0.2) is 4.98 Å². The summed E-state index contributed by atoms with van der Waals surface area (Å²) in [7, 11) is 0. The molecule has 0 aliphatic heterocycles. The van der Waals surface area contributed by atoms with Gasteiger partial charge in [0.25, 0.3) is 0 Å². The minimum absolute atomic E-state index is 0.0733. The summed E-state index contributed by atoms with van der Waals surface area (Å²) < 4.78 is 38.1. The van der Waals surface area contributed by atoms with Crippen molar-refractivity contribution in [3.63, 3.8) is 0 Å². The molecule has 0 fully saturated rings. The van der Waals surface area contributed by atoms with Gasteiger partial charge in [0.05, 0.1) is 5.56 Å². The van der Waals surface area contributed by atoms with E-state index in [0.717, 1.165) is 23.5 Å². The molecular weight excluding hydrogens is 301 g/mol. The van der Waals surface area contributed by atoms with Crippen LogP contribution in [0.4, 0.5) is 24.7 Å². The molecule has 2 rings (SSSR count). The second kappa shape index (κ2) is 6.60. The second-order valence-corrected chi connectivity index (χ2v) is 6.11. The van der Waals surface area contributed by atoms with Crippen LogP contribution >= 0.6 is 0 Å². The summed E-state index contributed by atoms with van der Waals surface area (Å²) in [6.07, 6.45) is -2.50. The Morgan fingerprint density at radius 1 is 0.913 bits per heavy atom. The van der Waals surface area contributed by atoms with Crippen LogP contribution in [0, 0.1) is 0 Å². The first kappa shape index (κ1) is 17.3. The quantitative estimate of drug-likeness (QED) is 0.710. The molecule has 0 saturated heterocycles. The van der Waals surface area contributed by atoms with Gasteiger partial charge in [-0.3, -0.25) is 0 Å². The van der Waals surface area contributed by atoms with Crippen molar-refractivity contribution < 1.29 is 13.2 Å². The zero-order chi connectivity index (χ0) is 17.2. The summed E-state index contributed by atoms with van der Waals surface area (Å²) >= 11 is 0. The lowest BCUT2D eigenvalue weighted by Gasteiger charge is -2.28. The number of halogens is 3. The summed E-state index contributed by atoms with van der Waals surface area (Å²) in [5.74, 6) is 1.11. The molecule has 0 aliphatic rings. The van der Waals surface area contributed by atoms with Gasteiger partial charge in [-0.2, -0.15) is 13.2 Å². The number of anilines is 2. The first-order chi connectivity index (χ1) is 10.7. The van der Waals surface area contributed by atoms with E-state index in [1.54, 1.807) is 0 Å². The highest BCUT2D eigenvalue weighted by atomic mass is 19.4. The number of pyridine rings is 1. The van der Waals surface area contributed by atoms with E-state index in [0.29, 0.717) is 11.6 Å². The van der Waals surface area contributed by atoms with E-state index in [1.807, 2.05) is 37.1 Å². The molecule has 0 unspecified atom stereocenters. The molecular formula is C18H21F3N2. The topological polar surface area (TPSA) is 16.1 Å². The van der Waals surface area contributed by atoms with Gasteiger partial charge >= 0.3 is 6.18 Å². The maximum atomic E-state index is 12.7. The summed E-state index contributed by atoms with van der Waals surface area (Å²) in [4.78, 5) is 6.39. The zero-order valence-corrected chi connectivity index (χ0v) is 13.7. The summed E-state index contributed by atoms with van der Waals surface area (Å²) in [6.45, 7) is 8.14. The molecule has 0 spiro atoms. The lowest BCUT2D eigenvalue weighted by molar-refractivity contribution is -0.137. The molecule has 1 heterocycles. The number of hydrogen-bond donors (Lipinski definition) is 0. The Morgan fingerprint density at radius 2 is 1.52 bits per heavy atom. The molecule has 0 atom stereocenters. The van der Waals surface area contributed by atoms with Crippen LogP contribution in [0.25, 0.3) is 0 Å². The van der Waals surface area contributed by atoms with Gasteiger partial charge in [0.15, 0.2) is 0 Å². The van der Waals surface area contributed by atoms with E-state index in [-0.39, 0.29) is 6.04 Å². The molecule has 2 nitrogen and oxygen atoms in total. The number of alkyl halides is 3. The summed E-state index contributed by atoms with van der Waals surface area (Å²) in [6, 6.07) is 9.17. The van der Waals surface area contributed by atoms with Crippen molar-refractivity contribution in [2.45, 2.75) is 45.8 Å². The van der Waals surface area contributed by atoms with Crippen LogP contribution in [0.3, 0.4) is 0 Å². The molecule has 0 saturated carbocycles. The SMILES string of the molecule is CC(C)c1ccc(N(c2ccc(C(F)(F)F)cc2)C(C)C)nc1. The Bertz CT molecular complexity index is 629. The molecule has 2 aromatic rings. The number of nitrogens with zero attached hydrogens (tertiary/aromatic N) is 2. The lowest BCUT2D eigenvalue weighted by Crippen LogP contribution is -2.26. The van der Waals surface area contributed by atoms with E-state index >= 15 is 0 Å². The largest absolute Gasteiger partial charge is 0.416 e. The smallest absolute Gasteiger partial charge is 0.324 e. The van der Waals surface area contributed by atoms with Crippen LogP contribution in [-0.4, -0.2) is 11.0 Å². The lowest BCUT2D eigenvalue weighted by atomic mass is 10.1. The van der Waals surface area contributed by atoms with Crippen LogP contribution in [0.15, 0.2) is 42.6 Å². The first-order valence-corrected chi connectivity index (χ1v) is 7.62. The number of aromatic nitrogens is 1. The molecule has 23 heavy (non-hydrogen) atoms. The van der Waals surface area contributed by atoms with E-state index in [1.165, 1.54) is 12.1 Å². The minimum Gasteiger partial charge on any atom is -0.324 e. The van der Waals surface area contributed by atoms with Crippen molar-refractivity contribution in [2.75, 3.05) is 4.90 Å². The first-order valence-electron chi connectivity index (χ1n) is 7.62. The average molecular weight is 322 g/mol. The monoisotopic (exact) mass is 322 g/mol. The molecule has 0 aliphatic carbocycles. The highest BCUT2D eigenvalue weighted by molar-refractivity contribution is 5.61. The Hall–Kier alpha value is -2.04. The van der Waals surface area contributed by atoms with Crippen LogP contribution in [-0.2, 0) is 6.18 Å². The van der Waals surface area contributed by atoms with Crippen LogP contribution in [0.1, 0.15) is 44.7 Å². The predicted molar refractivity (Wildman–Crippen MR) is 87.0 cm³/mol. The molecule has 0 radical (unpaired) electrons. The maximum absolute atomic E-state index is 12.7. The van der Waals surface area contributed by atoms with Gasteiger partial charge in [0.2, 0.25) is 0 Å². The zero-order valence-electron chi connectivity index (χ0n) is 13.7. The fraction of sp³-hybridized carbons (Fsp3) is 0.389. The van der Waals surface area contributed by atoms with E-state index in [9.17, 15) is 13.2 Å². The van der Waals surface area contributed by atoms with Crippen LogP contribution < -0.4 is 4.90 Å². The molecule has 0 N–H and O–H groups in total. The Kier molecular flexibility index (Phi) is 4.97. The van der Waals surface area contributed by atoms with Gasteiger partial charge in [-0.1, -0.05) is 19.9 Å². The minimum atomic E-state index is -4.32. The van der Waals surface area contributed by atoms with Crippen molar-refractivity contribution in [2.24, 2.45) is 0 Å². The highest BCUT2D eigenvalue weighted by Gasteiger charge is 2.30. The standard InChI is InChI=1S/C18H21F3N2/c1-12(2)14-5-10-17(22-11-14)23(13(3)4)16-8-6-15(7-9-16)18(19,20)21/h5-13H,1-4H3. The van der Waals surface area contributed by atoms with Crippen molar-refractivity contribution in [3.8, 4) is 0 Å². The molecule has 0 amide bonds. The van der Waals surface area contributed by atoms with E-state index in [4.69, 9.17) is 0 Å². The molecule has 1 aromatic carbocycles. The molecule has 0 bridgehead atoms. The Balaban J connectivity index is 2.35. The number of hydrogen-bond acceptors (Lipinski definition) is 2. The van der Waals surface area contributed by atoms with Crippen molar-refractivity contribution in [1.82, 2.24) is 4.98 Å². The number of rotatable bonds is 4. The Labute approximate surface area is 135 Å². The predicted octanol–water partition coefficient (Wildman–Crippen LogP) is 5.77. The van der Waals surface area contributed by atoms with E-state index in [2.05, 4.69) is 18.8 Å². The van der Waals surface area contributed by atoms with Gasteiger partial charge < -0.3 is 4.90 Å². The average Bonchev–Trinajstić information content (AvgIpc) is 2.47. The van der Waals surface area contributed by atoms with E-state index < -0.39 is 11.7 Å².